The maximum atomic E-state index is 11.9. The molecule has 0 bridgehead atoms. The van der Waals surface area contributed by atoms with Crippen LogP contribution in [0.4, 0.5) is 5.69 Å². The summed E-state index contributed by atoms with van der Waals surface area (Å²) >= 11 is 6.18. The molecular formula is C13H17ClN3O3+. The Morgan fingerprint density at radius 1 is 1.55 bits per heavy atom. The fourth-order valence-corrected chi connectivity index (χ4v) is 2.37. The highest BCUT2D eigenvalue weighted by molar-refractivity contribution is 6.32. The van der Waals surface area contributed by atoms with E-state index in [1.807, 2.05) is 17.8 Å². The minimum atomic E-state index is -0.440. The van der Waals surface area contributed by atoms with Crippen molar-refractivity contribution in [3.63, 3.8) is 0 Å². The molecule has 1 aliphatic heterocycles. The molecule has 0 unspecified atom stereocenters. The smallest absolute Gasteiger partial charge is 0.344 e. The van der Waals surface area contributed by atoms with E-state index in [2.05, 4.69) is 9.99 Å². The largest absolute Gasteiger partial charge is 0.465 e. The van der Waals surface area contributed by atoms with Crippen molar-refractivity contribution >= 4 is 29.5 Å². The standard InChI is InChI=1S/C13H17ClN3O3/c1-3-17(16-6-8-20-9-7-16)11-10(13(18)19-2)4-5-15-12(11)14/h3-5H,6-9H2,1-2H3/q+1. The lowest BCUT2D eigenvalue weighted by molar-refractivity contribution is -0.625. The zero-order valence-electron chi connectivity index (χ0n) is 11.5. The minimum absolute atomic E-state index is 0.262. The van der Waals surface area contributed by atoms with Crippen LogP contribution in [0.15, 0.2) is 12.3 Å². The number of carbonyl (C=O) groups is 1. The third kappa shape index (κ3) is 2.91. The summed E-state index contributed by atoms with van der Waals surface area (Å²) < 4.78 is 12.0. The van der Waals surface area contributed by atoms with Crippen LogP contribution in [0.1, 0.15) is 17.3 Å². The first-order chi connectivity index (χ1) is 9.69. The maximum Gasteiger partial charge on any atom is 0.344 e. The van der Waals surface area contributed by atoms with Crippen LogP contribution in [0.25, 0.3) is 0 Å². The van der Waals surface area contributed by atoms with Gasteiger partial charge in [0.15, 0.2) is 6.21 Å². The molecule has 7 heteroatoms. The fraction of sp³-hybridized carbons (Fsp3) is 0.462. The maximum absolute atomic E-state index is 11.9. The Balaban J connectivity index is 2.45. The molecule has 0 aliphatic carbocycles. The van der Waals surface area contributed by atoms with Crippen molar-refractivity contribution in [1.82, 2.24) is 9.99 Å². The van der Waals surface area contributed by atoms with Gasteiger partial charge in [-0.3, -0.25) is 0 Å². The van der Waals surface area contributed by atoms with E-state index in [0.717, 1.165) is 13.1 Å². The van der Waals surface area contributed by atoms with Gasteiger partial charge < -0.3 is 9.47 Å². The zero-order valence-corrected chi connectivity index (χ0v) is 12.3. The summed E-state index contributed by atoms with van der Waals surface area (Å²) in [7, 11) is 1.34. The lowest BCUT2D eigenvalue weighted by atomic mass is 10.2. The second-order valence-electron chi connectivity index (χ2n) is 4.16. The van der Waals surface area contributed by atoms with E-state index >= 15 is 0 Å². The third-order valence-electron chi connectivity index (χ3n) is 3.05. The van der Waals surface area contributed by atoms with Crippen LogP contribution in [0.2, 0.25) is 5.15 Å². The van der Waals surface area contributed by atoms with Gasteiger partial charge in [-0.15, -0.1) is 0 Å². The molecule has 1 saturated heterocycles. The highest BCUT2D eigenvalue weighted by atomic mass is 35.5. The molecule has 1 aliphatic rings. The molecule has 6 nitrogen and oxygen atoms in total. The second kappa shape index (κ2) is 6.67. The first kappa shape index (κ1) is 14.7. The average Bonchev–Trinajstić information content (AvgIpc) is 2.50. The summed E-state index contributed by atoms with van der Waals surface area (Å²) in [5.41, 5.74) is 0.919. The SMILES string of the molecule is CC=[N+](c1c(C(=O)OC)ccnc1Cl)N1CCOCC1. The number of hydrazine groups is 1. The Kier molecular flexibility index (Phi) is 4.92. The van der Waals surface area contributed by atoms with Crippen molar-refractivity contribution in [3.8, 4) is 0 Å². The van der Waals surface area contributed by atoms with Crippen molar-refractivity contribution in [3.05, 3.63) is 23.0 Å². The van der Waals surface area contributed by atoms with Gasteiger partial charge in [-0.25, -0.2) is 9.78 Å². The van der Waals surface area contributed by atoms with Crippen LogP contribution in [-0.2, 0) is 9.47 Å². The molecule has 20 heavy (non-hydrogen) atoms. The quantitative estimate of drug-likeness (QED) is 0.366. The Labute approximate surface area is 122 Å². The van der Waals surface area contributed by atoms with Gasteiger partial charge in [0, 0.05) is 13.1 Å². The van der Waals surface area contributed by atoms with Crippen LogP contribution in [-0.4, -0.2) is 60.3 Å². The van der Waals surface area contributed by atoms with E-state index in [0.29, 0.717) is 24.5 Å². The Morgan fingerprint density at radius 3 is 2.85 bits per heavy atom. The number of hydrazone groups is 1. The number of carbonyl (C=O) groups excluding carboxylic acids is 1. The molecule has 0 N–H and O–H groups in total. The molecule has 0 spiro atoms. The molecule has 0 amide bonds. The summed E-state index contributed by atoms with van der Waals surface area (Å²) in [6.45, 7) is 4.58. The number of nitrogens with zero attached hydrogens (tertiary/aromatic N) is 3. The predicted octanol–water partition coefficient (Wildman–Crippen LogP) is 1.50. The molecular weight excluding hydrogens is 282 g/mol. The summed E-state index contributed by atoms with van der Waals surface area (Å²) in [5.74, 6) is -0.440. The van der Waals surface area contributed by atoms with Gasteiger partial charge >= 0.3 is 5.97 Å². The van der Waals surface area contributed by atoms with Crippen LogP contribution >= 0.6 is 11.6 Å². The molecule has 0 radical (unpaired) electrons. The Bertz CT molecular complexity index is 528. The lowest BCUT2D eigenvalue weighted by Crippen LogP contribution is -2.42. The van der Waals surface area contributed by atoms with Gasteiger partial charge in [0.05, 0.1) is 33.4 Å². The van der Waals surface area contributed by atoms with E-state index in [9.17, 15) is 4.79 Å². The molecule has 1 fully saturated rings. The summed E-state index contributed by atoms with van der Waals surface area (Å²) in [6.07, 6.45) is 3.34. The molecule has 2 rings (SSSR count). The number of aromatic nitrogens is 1. The van der Waals surface area contributed by atoms with Crippen LogP contribution < -0.4 is 0 Å². The minimum Gasteiger partial charge on any atom is -0.465 e. The highest BCUT2D eigenvalue weighted by Crippen LogP contribution is 2.28. The zero-order chi connectivity index (χ0) is 14.5. The second-order valence-corrected chi connectivity index (χ2v) is 4.52. The Morgan fingerprint density at radius 2 is 2.25 bits per heavy atom. The monoisotopic (exact) mass is 298 g/mol. The number of rotatable bonds is 3. The van der Waals surface area contributed by atoms with Gasteiger partial charge in [-0.2, -0.15) is 5.01 Å². The van der Waals surface area contributed by atoms with Gasteiger partial charge in [0.2, 0.25) is 5.15 Å². The number of morpholine rings is 1. The molecule has 1 aromatic rings. The lowest BCUT2D eigenvalue weighted by Gasteiger charge is -2.25. The van der Waals surface area contributed by atoms with E-state index in [4.69, 9.17) is 21.1 Å². The normalized spacial score (nSPS) is 16.1. The molecule has 0 atom stereocenters. The van der Waals surface area contributed by atoms with Crippen molar-refractivity contribution in [2.75, 3.05) is 33.4 Å². The van der Waals surface area contributed by atoms with E-state index in [1.165, 1.54) is 13.3 Å². The fourth-order valence-electron chi connectivity index (χ4n) is 2.12. The number of esters is 1. The number of ether oxygens (including phenoxy) is 2. The predicted molar refractivity (Wildman–Crippen MR) is 74.6 cm³/mol. The average molecular weight is 299 g/mol. The first-order valence-corrected chi connectivity index (χ1v) is 6.71. The van der Waals surface area contributed by atoms with E-state index < -0.39 is 5.97 Å². The van der Waals surface area contributed by atoms with Crippen molar-refractivity contribution in [2.45, 2.75) is 6.92 Å². The van der Waals surface area contributed by atoms with Gasteiger partial charge in [-0.1, -0.05) is 16.3 Å². The van der Waals surface area contributed by atoms with Gasteiger partial charge in [0.25, 0.3) is 5.69 Å². The van der Waals surface area contributed by atoms with Crippen molar-refractivity contribution in [1.29, 1.82) is 0 Å². The molecule has 0 aromatic carbocycles. The molecule has 108 valence electrons. The Hall–Kier alpha value is -1.66. The molecule has 1 aromatic heterocycles. The van der Waals surface area contributed by atoms with Crippen LogP contribution in [0, 0.1) is 0 Å². The molecule has 0 saturated carbocycles. The summed E-state index contributed by atoms with van der Waals surface area (Å²) in [6, 6.07) is 1.60. The number of pyridine rings is 1. The summed E-state index contributed by atoms with van der Waals surface area (Å²) in [4.78, 5) is 16.0. The third-order valence-corrected chi connectivity index (χ3v) is 3.33. The van der Waals surface area contributed by atoms with Gasteiger partial charge in [-0.05, 0) is 6.07 Å². The number of halogens is 1. The number of methoxy groups -OCH3 is 1. The van der Waals surface area contributed by atoms with E-state index in [1.54, 1.807) is 6.07 Å². The van der Waals surface area contributed by atoms with Gasteiger partial charge in [0.1, 0.15) is 5.56 Å². The van der Waals surface area contributed by atoms with Crippen molar-refractivity contribution in [2.24, 2.45) is 0 Å². The topological polar surface area (TPSA) is 54.7 Å². The number of hydrogen-bond donors (Lipinski definition) is 0. The van der Waals surface area contributed by atoms with Crippen LogP contribution in [0.3, 0.4) is 0 Å². The van der Waals surface area contributed by atoms with E-state index in [-0.39, 0.29) is 5.15 Å². The highest BCUT2D eigenvalue weighted by Gasteiger charge is 2.30. The summed E-state index contributed by atoms with van der Waals surface area (Å²) in [5, 5.41) is 2.32. The molecule has 2 heterocycles. The van der Waals surface area contributed by atoms with Crippen molar-refractivity contribution < 1.29 is 19.0 Å². The number of hydrogen-bond acceptors (Lipinski definition) is 5. The first-order valence-electron chi connectivity index (χ1n) is 6.33. The van der Waals surface area contributed by atoms with Crippen LogP contribution in [0.5, 0.6) is 0 Å².